The molecule has 3 rings (SSSR count). The molecule has 3 aromatic rings. The summed E-state index contributed by atoms with van der Waals surface area (Å²) in [5.74, 6) is -1.25. The van der Waals surface area contributed by atoms with Crippen molar-refractivity contribution in [1.82, 2.24) is 0 Å². The van der Waals surface area contributed by atoms with Crippen LogP contribution in [0.25, 0.3) is 11.1 Å². The van der Waals surface area contributed by atoms with E-state index in [4.69, 9.17) is 15.9 Å². The molecule has 0 amide bonds. The van der Waals surface area contributed by atoms with Crippen molar-refractivity contribution in [3.05, 3.63) is 95.0 Å². The molecule has 3 N–H and O–H groups in total. The number of benzene rings is 2. The molecule has 0 fully saturated rings. The maximum Gasteiger partial charge on any atom is 0.309 e. The number of aromatic nitrogens is 1. The van der Waals surface area contributed by atoms with E-state index in [0.29, 0.717) is 17.5 Å². The zero-order chi connectivity index (χ0) is 24.0. The van der Waals surface area contributed by atoms with Gasteiger partial charge in [-0.25, -0.2) is 0 Å². The molecule has 7 heteroatoms. The summed E-state index contributed by atoms with van der Waals surface area (Å²) in [5, 5.41) is 18.8. The summed E-state index contributed by atoms with van der Waals surface area (Å²) in [5.41, 5.74) is 9.35. The van der Waals surface area contributed by atoms with Gasteiger partial charge in [-0.15, -0.1) is 0 Å². The average Bonchev–Trinajstić information content (AvgIpc) is 2.82. The fourth-order valence-electron chi connectivity index (χ4n) is 3.79. The number of nitrogens with two attached hydrogens (primary N) is 1. The number of methoxy groups -OCH3 is 1. The van der Waals surface area contributed by atoms with E-state index in [1.54, 1.807) is 42.5 Å². The number of esters is 1. The van der Waals surface area contributed by atoms with Crippen molar-refractivity contribution >= 4 is 17.6 Å². The van der Waals surface area contributed by atoms with E-state index >= 15 is 0 Å². The van der Waals surface area contributed by atoms with Crippen LogP contribution >= 0.6 is 0 Å². The SMILES string of the molecule is COC(=O)[C@H](Cc1cccc(C(=N)N)c1)[C@@H](C)CC(=O)c1ccc(-c2cc[n+]([O-])cc2)cc1. The Bertz CT molecular complexity index is 1140. The number of ether oxygens (including phenoxy) is 1. The predicted octanol–water partition coefficient (Wildman–Crippen LogP) is 3.51. The van der Waals surface area contributed by atoms with Crippen LogP contribution in [-0.2, 0) is 16.0 Å². The summed E-state index contributed by atoms with van der Waals surface area (Å²) in [4.78, 5) is 25.4. The number of hydrogen-bond acceptors (Lipinski definition) is 5. The first-order chi connectivity index (χ1) is 15.8. The first-order valence-electron chi connectivity index (χ1n) is 10.6. The molecular weight excluding hydrogens is 418 g/mol. The number of nitrogen functional groups attached to an aromatic ring is 1. The van der Waals surface area contributed by atoms with Crippen LogP contribution in [0.1, 0.15) is 34.8 Å². The number of ketones is 1. The second-order valence-corrected chi connectivity index (χ2v) is 8.08. The second-order valence-electron chi connectivity index (χ2n) is 8.08. The molecular formula is C26H27N3O4. The molecule has 0 radical (unpaired) electrons. The highest BCUT2D eigenvalue weighted by Crippen LogP contribution is 2.25. The van der Waals surface area contributed by atoms with Crippen molar-refractivity contribution in [2.45, 2.75) is 19.8 Å². The quantitative estimate of drug-likeness (QED) is 0.130. The lowest BCUT2D eigenvalue weighted by molar-refractivity contribution is -0.605. The highest BCUT2D eigenvalue weighted by Gasteiger charge is 2.28. The lowest BCUT2D eigenvalue weighted by Crippen LogP contribution is -2.27. The Morgan fingerprint density at radius 3 is 2.27 bits per heavy atom. The zero-order valence-electron chi connectivity index (χ0n) is 18.7. The maximum atomic E-state index is 12.9. The highest BCUT2D eigenvalue weighted by atomic mass is 16.5. The normalized spacial score (nSPS) is 12.5. The van der Waals surface area contributed by atoms with Crippen LogP contribution in [0.4, 0.5) is 0 Å². The maximum absolute atomic E-state index is 12.9. The van der Waals surface area contributed by atoms with Gasteiger partial charge >= 0.3 is 5.97 Å². The van der Waals surface area contributed by atoms with Crippen LogP contribution in [0.5, 0.6) is 0 Å². The lowest BCUT2D eigenvalue weighted by atomic mass is 9.83. The minimum atomic E-state index is -0.511. The number of Topliss-reactive ketones (excluding diaryl/α,β-unsaturated/α-hetero) is 1. The number of carbonyl (C=O) groups excluding carboxylic acids is 2. The van der Waals surface area contributed by atoms with E-state index in [0.717, 1.165) is 21.4 Å². The van der Waals surface area contributed by atoms with E-state index < -0.39 is 5.92 Å². The Balaban J connectivity index is 1.72. The van der Waals surface area contributed by atoms with Gasteiger partial charge in [-0.1, -0.05) is 49.4 Å². The smallest absolute Gasteiger partial charge is 0.309 e. The number of rotatable bonds is 9. The largest absolute Gasteiger partial charge is 0.619 e. The average molecular weight is 446 g/mol. The van der Waals surface area contributed by atoms with E-state index in [9.17, 15) is 14.8 Å². The van der Waals surface area contributed by atoms with Crippen molar-refractivity contribution in [3.63, 3.8) is 0 Å². The van der Waals surface area contributed by atoms with Gasteiger partial charge in [0.25, 0.3) is 0 Å². The highest BCUT2D eigenvalue weighted by molar-refractivity contribution is 5.97. The molecule has 2 aromatic carbocycles. The minimum absolute atomic E-state index is 0.0409. The molecule has 170 valence electrons. The summed E-state index contributed by atoms with van der Waals surface area (Å²) in [6, 6.07) is 17.8. The van der Waals surface area contributed by atoms with Gasteiger partial charge in [0.05, 0.1) is 13.0 Å². The molecule has 0 bridgehead atoms. The Morgan fingerprint density at radius 2 is 1.67 bits per heavy atom. The fraction of sp³-hybridized carbons (Fsp3) is 0.231. The first kappa shape index (κ1) is 23.7. The second kappa shape index (κ2) is 10.5. The molecule has 1 heterocycles. The van der Waals surface area contributed by atoms with Gasteiger partial charge in [0.15, 0.2) is 18.2 Å². The summed E-state index contributed by atoms with van der Waals surface area (Å²) in [6.07, 6.45) is 3.42. The molecule has 0 aliphatic carbocycles. The number of pyridine rings is 1. The van der Waals surface area contributed by atoms with Gasteiger partial charge < -0.3 is 15.7 Å². The minimum Gasteiger partial charge on any atom is -0.619 e. The molecule has 0 unspecified atom stereocenters. The Hall–Kier alpha value is -4.00. The monoisotopic (exact) mass is 445 g/mol. The van der Waals surface area contributed by atoms with Crippen LogP contribution in [0.3, 0.4) is 0 Å². The van der Waals surface area contributed by atoms with Crippen LogP contribution in [0.2, 0.25) is 0 Å². The van der Waals surface area contributed by atoms with Gasteiger partial charge in [-0.3, -0.25) is 15.0 Å². The van der Waals surface area contributed by atoms with Crippen molar-refractivity contribution in [2.75, 3.05) is 7.11 Å². The summed E-state index contributed by atoms with van der Waals surface area (Å²) < 4.78 is 5.72. The van der Waals surface area contributed by atoms with E-state index in [-0.39, 0.29) is 29.9 Å². The van der Waals surface area contributed by atoms with Crippen LogP contribution in [-0.4, -0.2) is 24.7 Å². The molecule has 33 heavy (non-hydrogen) atoms. The first-order valence-corrected chi connectivity index (χ1v) is 10.6. The zero-order valence-corrected chi connectivity index (χ0v) is 18.7. The van der Waals surface area contributed by atoms with E-state index in [1.807, 2.05) is 25.1 Å². The molecule has 0 aliphatic heterocycles. The standard InChI is InChI=1S/C26H27N3O4/c1-17(23(26(31)33-2)16-18-4-3-5-22(15-18)25(27)28)14-24(30)21-8-6-19(7-9-21)20-10-12-29(32)13-11-20/h3-13,15,17,23H,14,16H2,1-2H3,(H3,27,28)/t17-,23+/m0/s1. The predicted molar refractivity (Wildman–Crippen MR) is 126 cm³/mol. The third-order valence-electron chi connectivity index (χ3n) is 5.73. The van der Waals surface area contributed by atoms with Crippen molar-refractivity contribution < 1.29 is 19.1 Å². The topological polar surface area (TPSA) is 120 Å². The van der Waals surface area contributed by atoms with Crippen molar-refractivity contribution in [1.29, 1.82) is 5.41 Å². The van der Waals surface area contributed by atoms with E-state index in [1.165, 1.54) is 19.5 Å². The molecule has 1 aromatic heterocycles. The number of hydrogen-bond donors (Lipinski definition) is 2. The van der Waals surface area contributed by atoms with E-state index in [2.05, 4.69) is 0 Å². The molecule has 0 saturated carbocycles. The Kier molecular flexibility index (Phi) is 7.56. The van der Waals surface area contributed by atoms with Gasteiger partial charge in [0, 0.05) is 29.7 Å². The number of carbonyl (C=O) groups is 2. The summed E-state index contributed by atoms with van der Waals surface area (Å²) in [6.45, 7) is 1.87. The fourth-order valence-corrected chi connectivity index (χ4v) is 3.79. The van der Waals surface area contributed by atoms with Crippen LogP contribution in [0.15, 0.2) is 73.1 Å². The summed E-state index contributed by atoms with van der Waals surface area (Å²) >= 11 is 0. The van der Waals surface area contributed by atoms with Crippen LogP contribution < -0.4 is 10.5 Å². The van der Waals surface area contributed by atoms with Crippen LogP contribution in [0, 0.1) is 22.5 Å². The lowest BCUT2D eigenvalue weighted by Gasteiger charge is -2.22. The molecule has 0 aliphatic rings. The molecule has 7 nitrogen and oxygen atoms in total. The molecule has 2 atom stereocenters. The van der Waals surface area contributed by atoms with Crippen molar-refractivity contribution in [3.8, 4) is 11.1 Å². The Labute approximate surface area is 192 Å². The van der Waals surface area contributed by atoms with Gasteiger partial charge in [0.2, 0.25) is 0 Å². The number of nitrogens with zero attached hydrogens (tertiary/aromatic N) is 1. The van der Waals surface area contributed by atoms with Gasteiger partial charge in [-0.05, 0) is 35.1 Å². The van der Waals surface area contributed by atoms with Gasteiger partial charge in [-0.2, -0.15) is 4.73 Å². The summed E-state index contributed by atoms with van der Waals surface area (Å²) in [7, 11) is 1.34. The molecule has 0 spiro atoms. The Morgan fingerprint density at radius 1 is 1.03 bits per heavy atom. The molecule has 0 saturated heterocycles. The third kappa shape index (κ3) is 6.04. The number of amidine groups is 1. The van der Waals surface area contributed by atoms with Gasteiger partial charge in [0.1, 0.15) is 5.84 Å². The number of nitrogens with one attached hydrogen (secondary N) is 1. The van der Waals surface area contributed by atoms with Crippen molar-refractivity contribution in [2.24, 2.45) is 17.6 Å². The third-order valence-corrected chi connectivity index (χ3v) is 5.73.